The maximum absolute atomic E-state index is 12.2. The zero-order valence-corrected chi connectivity index (χ0v) is 19.4. The number of hydrogen-bond acceptors (Lipinski definition) is 3. The summed E-state index contributed by atoms with van der Waals surface area (Å²) < 4.78 is 0. The fourth-order valence-electron chi connectivity index (χ4n) is 3.95. The number of aryl methyl sites for hydroxylation is 1. The van der Waals surface area contributed by atoms with Gasteiger partial charge in [-0.2, -0.15) is 0 Å². The summed E-state index contributed by atoms with van der Waals surface area (Å²) in [6, 6.07) is 9.35. The number of nitrogens with zero attached hydrogens (tertiary/aromatic N) is 2. The third-order valence-electron chi connectivity index (χ3n) is 5.54. The molecule has 1 unspecified atom stereocenters. The second-order valence-electron chi connectivity index (χ2n) is 7.74. The van der Waals surface area contributed by atoms with Gasteiger partial charge in [0.1, 0.15) is 0 Å². The van der Waals surface area contributed by atoms with Gasteiger partial charge in [-0.15, -0.1) is 24.0 Å². The molecule has 28 heavy (non-hydrogen) atoms. The number of nitrogens with one attached hydrogen (secondary N) is 3. The largest absolute Gasteiger partial charge is 0.369 e. The van der Waals surface area contributed by atoms with E-state index in [9.17, 15) is 4.79 Å². The first kappa shape index (κ1) is 22.8. The van der Waals surface area contributed by atoms with Crippen LogP contribution in [0.5, 0.6) is 0 Å². The van der Waals surface area contributed by atoms with Crippen molar-refractivity contribution < 1.29 is 4.79 Å². The average Bonchev–Trinajstić information content (AvgIpc) is 3.15. The van der Waals surface area contributed by atoms with Crippen molar-refractivity contribution in [2.75, 3.05) is 31.6 Å². The van der Waals surface area contributed by atoms with Crippen molar-refractivity contribution in [3.8, 4) is 0 Å². The first-order chi connectivity index (χ1) is 13.1. The maximum Gasteiger partial charge on any atom is 0.239 e. The molecule has 1 aromatic carbocycles. The van der Waals surface area contributed by atoms with Crippen LogP contribution in [0.2, 0.25) is 0 Å². The van der Waals surface area contributed by atoms with Crippen molar-refractivity contribution in [3.05, 3.63) is 29.8 Å². The van der Waals surface area contributed by atoms with Crippen LogP contribution in [0.25, 0.3) is 0 Å². The monoisotopic (exact) mass is 499 g/mol. The van der Waals surface area contributed by atoms with E-state index < -0.39 is 0 Å². The number of guanidine groups is 1. The highest BCUT2D eigenvalue weighted by Crippen LogP contribution is 2.20. The van der Waals surface area contributed by atoms with Gasteiger partial charge in [-0.3, -0.25) is 9.79 Å². The Kier molecular flexibility index (Phi) is 9.34. The average molecular weight is 499 g/mol. The van der Waals surface area contributed by atoms with Gasteiger partial charge in [0, 0.05) is 37.9 Å². The first-order valence-corrected chi connectivity index (χ1v) is 10.2. The minimum Gasteiger partial charge on any atom is -0.369 e. The van der Waals surface area contributed by atoms with E-state index in [1.165, 1.54) is 30.5 Å². The molecule has 2 fully saturated rings. The number of hydrogen-bond donors (Lipinski definition) is 3. The molecule has 1 amide bonds. The van der Waals surface area contributed by atoms with Crippen molar-refractivity contribution in [2.45, 2.75) is 57.5 Å². The molecule has 1 aliphatic heterocycles. The van der Waals surface area contributed by atoms with E-state index in [0.717, 1.165) is 32.4 Å². The van der Waals surface area contributed by atoms with E-state index in [4.69, 9.17) is 0 Å². The zero-order chi connectivity index (χ0) is 19.1. The molecule has 3 N–H and O–H groups in total. The molecule has 0 bridgehead atoms. The van der Waals surface area contributed by atoms with E-state index >= 15 is 0 Å². The number of benzene rings is 1. The van der Waals surface area contributed by atoms with Gasteiger partial charge in [0.05, 0.1) is 6.54 Å². The van der Waals surface area contributed by atoms with Crippen LogP contribution in [0.4, 0.5) is 5.69 Å². The molecule has 1 saturated heterocycles. The molecule has 1 heterocycles. The fraction of sp³-hybridized carbons (Fsp3) is 0.619. The van der Waals surface area contributed by atoms with E-state index in [0.29, 0.717) is 18.0 Å². The van der Waals surface area contributed by atoms with Crippen molar-refractivity contribution in [1.82, 2.24) is 16.0 Å². The lowest BCUT2D eigenvalue weighted by molar-refractivity contribution is -0.120. The highest BCUT2D eigenvalue weighted by molar-refractivity contribution is 14.0. The van der Waals surface area contributed by atoms with Gasteiger partial charge in [0.25, 0.3) is 0 Å². The number of amides is 1. The van der Waals surface area contributed by atoms with Crippen LogP contribution in [0, 0.1) is 6.92 Å². The van der Waals surface area contributed by atoms with Gasteiger partial charge in [0.15, 0.2) is 5.96 Å². The zero-order valence-electron chi connectivity index (χ0n) is 17.0. The van der Waals surface area contributed by atoms with Crippen LogP contribution in [0.1, 0.15) is 44.1 Å². The summed E-state index contributed by atoms with van der Waals surface area (Å²) in [5.74, 6) is 0.752. The number of aliphatic imine (C=N–C) groups is 1. The summed E-state index contributed by atoms with van der Waals surface area (Å²) in [6.45, 7) is 4.35. The maximum atomic E-state index is 12.2. The molecule has 1 saturated carbocycles. The Balaban J connectivity index is 0.00000280. The predicted octanol–water partition coefficient (Wildman–Crippen LogP) is 2.81. The Hall–Kier alpha value is -1.51. The molecule has 2 aliphatic rings. The SMILES string of the molecule is CN=C(NCC(=O)NC1CCCCC1)NC1CCN(c2ccc(C)cc2)C1.I. The van der Waals surface area contributed by atoms with Gasteiger partial charge < -0.3 is 20.9 Å². The van der Waals surface area contributed by atoms with Gasteiger partial charge in [-0.25, -0.2) is 0 Å². The second-order valence-corrected chi connectivity index (χ2v) is 7.74. The number of carbonyl (C=O) groups excluding carboxylic acids is 1. The lowest BCUT2D eigenvalue weighted by atomic mass is 9.95. The molecule has 3 rings (SSSR count). The summed E-state index contributed by atoms with van der Waals surface area (Å²) in [6.07, 6.45) is 7.01. The highest BCUT2D eigenvalue weighted by Gasteiger charge is 2.23. The highest BCUT2D eigenvalue weighted by atomic mass is 127. The Labute approximate surface area is 186 Å². The quantitative estimate of drug-likeness (QED) is 0.331. The third-order valence-corrected chi connectivity index (χ3v) is 5.54. The van der Waals surface area contributed by atoms with Crippen molar-refractivity contribution >= 4 is 41.5 Å². The Morgan fingerprint density at radius 3 is 2.46 bits per heavy atom. The topological polar surface area (TPSA) is 68.8 Å². The van der Waals surface area contributed by atoms with Crippen LogP contribution >= 0.6 is 24.0 Å². The first-order valence-electron chi connectivity index (χ1n) is 10.2. The summed E-state index contributed by atoms with van der Waals surface area (Å²) in [7, 11) is 1.75. The summed E-state index contributed by atoms with van der Waals surface area (Å²) >= 11 is 0. The van der Waals surface area contributed by atoms with E-state index in [1.807, 2.05) is 0 Å². The summed E-state index contributed by atoms with van der Waals surface area (Å²) in [5.41, 5.74) is 2.54. The summed E-state index contributed by atoms with van der Waals surface area (Å²) in [5, 5.41) is 9.74. The Bertz CT molecular complexity index is 643. The van der Waals surface area contributed by atoms with Crippen LogP contribution < -0.4 is 20.9 Å². The van der Waals surface area contributed by atoms with E-state index in [1.54, 1.807) is 7.05 Å². The molecule has 7 heteroatoms. The van der Waals surface area contributed by atoms with Crippen molar-refractivity contribution in [2.24, 2.45) is 4.99 Å². The van der Waals surface area contributed by atoms with Crippen molar-refractivity contribution in [1.29, 1.82) is 0 Å². The third kappa shape index (κ3) is 6.83. The molecule has 156 valence electrons. The second kappa shape index (κ2) is 11.5. The lowest BCUT2D eigenvalue weighted by Gasteiger charge is -2.23. The van der Waals surface area contributed by atoms with Gasteiger partial charge in [-0.05, 0) is 38.3 Å². The lowest BCUT2D eigenvalue weighted by Crippen LogP contribution is -2.49. The van der Waals surface area contributed by atoms with Crippen LogP contribution in [-0.4, -0.2) is 50.6 Å². The number of anilines is 1. The Morgan fingerprint density at radius 1 is 1.07 bits per heavy atom. The molecule has 1 aliphatic carbocycles. The minimum absolute atomic E-state index is 0. The van der Waals surface area contributed by atoms with Crippen LogP contribution in [-0.2, 0) is 4.79 Å². The van der Waals surface area contributed by atoms with E-state index in [2.05, 4.69) is 57.0 Å². The van der Waals surface area contributed by atoms with E-state index in [-0.39, 0.29) is 36.4 Å². The molecule has 1 atom stereocenters. The smallest absolute Gasteiger partial charge is 0.239 e. The molecule has 0 radical (unpaired) electrons. The molecular formula is C21H34IN5O. The Morgan fingerprint density at radius 2 is 1.79 bits per heavy atom. The molecular weight excluding hydrogens is 465 g/mol. The molecule has 0 spiro atoms. The van der Waals surface area contributed by atoms with Gasteiger partial charge in [-0.1, -0.05) is 37.0 Å². The summed E-state index contributed by atoms with van der Waals surface area (Å²) in [4.78, 5) is 18.8. The minimum atomic E-state index is 0. The molecule has 1 aromatic rings. The molecule has 6 nitrogen and oxygen atoms in total. The standard InChI is InChI=1S/C21H33N5O.HI/c1-16-8-10-19(11-9-16)26-13-12-18(15-26)25-21(22-2)23-14-20(27)24-17-6-4-3-5-7-17;/h8-11,17-18H,3-7,12-15H2,1-2H3,(H,24,27)(H2,22,23,25);1H. The predicted molar refractivity (Wildman–Crippen MR) is 127 cm³/mol. The van der Waals surface area contributed by atoms with Gasteiger partial charge in [0.2, 0.25) is 5.91 Å². The number of carbonyl (C=O) groups is 1. The number of rotatable bonds is 5. The number of halogens is 1. The van der Waals surface area contributed by atoms with Gasteiger partial charge >= 0.3 is 0 Å². The van der Waals surface area contributed by atoms with Crippen LogP contribution in [0.3, 0.4) is 0 Å². The molecule has 0 aromatic heterocycles. The van der Waals surface area contributed by atoms with Crippen LogP contribution in [0.15, 0.2) is 29.3 Å². The fourth-order valence-corrected chi connectivity index (χ4v) is 3.95. The normalized spacial score (nSPS) is 20.4. The van der Waals surface area contributed by atoms with Crippen molar-refractivity contribution in [3.63, 3.8) is 0 Å².